The van der Waals surface area contributed by atoms with Crippen LogP contribution in [0.3, 0.4) is 0 Å². The summed E-state index contributed by atoms with van der Waals surface area (Å²) in [5.41, 5.74) is 1.10. The van der Waals surface area contributed by atoms with Crippen molar-refractivity contribution < 1.29 is 9.53 Å². The van der Waals surface area contributed by atoms with E-state index in [1.165, 1.54) is 0 Å². The lowest BCUT2D eigenvalue weighted by molar-refractivity contribution is -0.127. The molecule has 2 aliphatic heterocycles. The second kappa shape index (κ2) is 6.54. The highest BCUT2D eigenvalue weighted by molar-refractivity contribution is 5.80. The second-order valence-electron chi connectivity index (χ2n) is 5.95. The summed E-state index contributed by atoms with van der Waals surface area (Å²) in [6, 6.07) is 4.67. The van der Waals surface area contributed by atoms with Crippen LogP contribution < -0.4 is 5.32 Å². The molecule has 0 unspecified atom stereocenters. The predicted octanol–water partition coefficient (Wildman–Crippen LogP) is 1.51. The van der Waals surface area contributed by atoms with Crippen molar-refractivity contribution in [3.05, 3.63) is 30.1 Å². The Morgan fingerprint density at radius 1 is 1.38 bits per heavy atom. The van der Waals surface area contributed by atoms with Gasteiger partial charge < -0.3 is 15.0 Å². The summed E-state index contributed by atoms with van der Waals surface area (Å²) in [6.45, 7) is 1.67. The molecule has 1 N–H and O–H groups in total. The van der Waals surface area contributed by atoms with E-state index in [4.69, 9.17) is 4.74 Å². The average molecular weight is 289 g/mol. The fourth-order valence-electron chi connectivity index (χ4n) is 3.40. The first-order chi connectivity index (χ1) is 10.3. The van der Waals surface area contributed by atoms with Crippen molar-refractivity contribution in [2.24, 2.45) is 0 Å². The predicted molar refractivity (Wildman–Crippen MR) is 79.7 cm³/mol. The molecule has 21 heavy (non-hydrogen) atoms. The maximum absolute atomic E-state index is 12.1. The van der Waals surface area contributed by atoms with Gasteiger partial charge in [0.1, 0.15) is 0 Å². The molecule has 0 aromatic carbocycles. The van der Waals surface area contributed by atoms with Gasteiger partial charge in [0.15, 0.2) is 0 Å². The molecule has 3 atom stereocenters. The van der Waals surface area contributed by atoms with Crippen LogP contribution in [0.1, 0.15) is 37.3 Å². The normalized spacial score (nSPS) is 30.4. The molecule has 2 aliphatic rings. The van der Waals surface area contributed by atoms with E-state index in [0.29, 0.717) is 12.5 Å². The zero-order chi connectivity index (χ0) is 14.7. The van der Waals surface area contributed by atoms with Crippen molar-refractivity contribution in [3.63, 3.8) is 0 Å². The van der Waals surface area contributed by atoms with Crippen molar-refractivity contribution >= 4 is 5.91 Å². The second-order valence-corrected chi connectivity index (χ2v) is 5.95. The highest BCUT2D eigenvalue weighted by Crippen LogP contribution is 2.32. The van der Waals surface area contributed by atoms with Crippen molar-refractivity contribution in [1.82, 2.24) is 15.2 Å². The van der Waals surface area contributed by atoms with Crippen molar-refractivity contribution in [3.8, 4) is 0 Å². The summed E-state index contributed by atoms with van der Waals surface area (Å²) in [6.07, 6.45) is 7.43. The van der Waals surface area contributed by atoms with Gasteiger partial charge in [-0.3, -0.25) is 9.78 Å². The molecular formula is C16H23N3O2. The van der Waals surface area contributed by atoms with Crippen LogP contribution in [-0.2, 0) is 9.53 Å². The molecule has 3 rings (SSSR count). The molecule has 1 aromatic heterocycles. The molecule has 114 valence electrons. The van der Waals surface area contributed by atoms with E-state index in [-0.39, 0.29) is 18.0 Å². The molecule has 0 spiro atoms. The Morgan fingerprint density at radius 3 is 3.10 bits per heavy atom. The van der Waals surface area contributed by atoms with Crippen LogP contribution >= 0.6 is 0 Å². The van der Waals surface area contributed by atoms with E-state index in [2.05, 4.69) is 16.4 Å². The highest BCUT2D eigenvalue weighted by atomic mass is 16.5. The van der Waals surface area contributed by atoms with Crippen LogP contribution in [-0.4, -0.2) is 48.1 Å². The first-order valence-electron chi connectivity index (χ1n) is 7.75. The molecule has 2 fully saturated rings. The first kappa shape index (κ1) is 14.5. The number of carbonyl (C=O) groups excluding carboxylic acids is 1. The van der Waals surface area contributed by atoms with E-state index < -0.39 is 0 Å². The molecule has 0 aliphatic carbocycles. The van der Waals surface area contributed by atoms with Gasteiger partial charge in [-0.25, -0.2) is 0 Å². The number of amides is 1. The molecule has 2 saturated heterocycles. The van der Waals surface area contributed by atoms with Crippen LogP contribution in [0.15, 0.2) is 24.5 Å². The van der Waals surface area contributed by atoms with Gasteiger partial charge in [-0.15, -0.1) is 0 Å². The molecule has 0 bridgehead atoms. The molecule has 0 radical (unpaired) electrons. The number of carbonyl (C=O) groups is 1. The van der Waals surface area contributed by atoms with Gasteiger partial charge in [0.25, 0.3) is 0 Å². The molecule has 5 heteroatoms. The van der Waals surface area contributed by atoms with Gasteiger partial charge >= 0.3 is 0 Å². The van der Waals surface area contributed by atoms with Crippen molar-refractivity contribution in [2.75, 3.05) is 20.3 Å². The maximum Gasteiger partial charge on any atom is 0.224 e. The lowest BCUT2D eigenvalue weighted by Crippen LogP contribution is -2.41. The maximum atomic E-state index is 12.1. The quantitative estimate of drug-likeness (QED) is 0.916. The Hall–Kier alpha value is -1.46. The van der Waals surface area contributed by atoms with Gasteiger partial charge in [-0.05, 0) is 30.9 Å². The summed E-state index contributed by atoms with van der Waals surface area (Å²) in [7, 11) is 1.89. The van der Waals surface area contributed by atoms with Crippen LogP contribution in [0.5, 0.6) is 0 Å². The third-order valence-corrected chi connectivity index (χ3v) is 4.51. The molecular weight excluding hydrogens is 266 g/mol. The van der Waals surface area contributed by atoms with Gasteiger partial charge in [0.2, 0.25) is 5.91 Å². The minimum Gasteiger partial charge on any atom is -0.381 e. The Kier molecular flexibility index (Phi) is 4.51. The minimum absolute atomic E-state index is 0.0790. The SMILES string of the molecule is CN1C(=O)C[C@@H](N[C@@H]2CCCOCC2)[C@@H]1c1cccnc1. The monoisotopic (exact) mass is 289 g/mol. The average Bonchev–Trinajstić information content (AvgIpc) is 2.69. The minimum atomic E-state index is 0.0790. The van der Waals surface area contributed by atoms with E-state index in [1.54, 1.807) is 6.20 Å². The summed E-state index contributed by atoms with van der Waals surface area (Å²) < 4.78 is 5.52. The summed E-state index contributed by atoms with van der Waals surface area (Å²) in [4.78, 5) is 18.2. The number of rotatable bonds is 3. The highest BCUT2D eigenvalue weighted by Gasteiger charge is 2.39. The van der Waals surface area contributed by atoms with E-state index >= 15 is 0 Å². The number of aromatic nitrogens is 1. The van der Waals surface area contributed by atoms with E-state index in [9.17, 15) is 4.79 Å². The third kappa shape index (κ3) is 3.24. The molecule has 0 saturated carbocycles. The number of pyridine rings is 1. The zero-order valence-corrected chi connectivity index (χ0v) is 12.5. The fraction of sp³-hybridized carbons (Fsp3) is 0.625. The Bertz CT molecular complexity index is 472. The number of hydrogen-bond acceptors (Lipinski definition) is 4. The van der Waals surface area contributed by atoms with Crippen LogP contribution in [0.4, 0.5) is 0 Å². The Labute approximate surface area is 125 Å². The first-order valence-corrected chi connectivity index (χ1v) is 7.75. The number of nitrogens with one attached hydrogen (secondary N) is 1. The van der Waals surface area contributed by atoms with Gasteiger partial charge in [0, 0.05) is 51.2 Å². The Morgan fingerprint density at radius 2 is 2.29 bits per heavy atom. The molecule has 5 nitrogen and oxygen atoms in total. The Balaban J connectivity index is 1.74. The van der Waals surface area contributed by atoms with Crippen molar-refractivity contribution in [2.45, 2.75) is 43.8 Å². The molecule has 3 heterocycles. The number of likely N-dealkylation sites (tertiary alicyclic amines) is 1. The fourth-order valence-corrected chi connectivity index (χ4v) is 3.40. The number of likely N-dealkylation sites (N-methyl/N-ethyl adjacent to an activating group) is 1. The van der Waals surface area contributed by atoms with Crippen LogP contribution in [0.2, 0.25) is 0 Å². The van der Waals surface area contributed by atoms with Crippen LogP contribution in [0, 0.1) is 0 Å². The van der Waals surface area contributed by atoms with Crippen LogP contribution in [0.25, 0.3) is 0 Å². The van der Waals surface area contributed by atoms with Crippen molar-refractivity contribution in [1.29, 1.82) is 0 Å². The summed E-state index contributed by atoms with van der Waals surface area (Å²) in [5, 5.41) is 3.70. The number of nitrogens with zero attached hydrogens (tertiary/aromatic N) is 2. The van der Waals surface area contributed by atoms with Gasteiger partial charge in [-0.2, -0.15) is 0 Å². The number of hydrogen-bond donors (Lipinski definition) is 1. The number of ether oxygens (including phenoxy) is 1. The standard InChI is InChI=1S/C16H23N3O2/c1-19-15(20)10-14(16(19)12-4-2-7-17-11-12)18-13-5-3-8-21-9-6-13/h2,4,7,11,13-14,16,18H,3,5-6,8-10H2,1H3/t13-,14-,16+/m1/s1. The lowest BCUT2D eigenvalue weighted by atomic mass is 9.99. The summed E-state index contributed by atoms with van der Waals surface area (Å²) >= 11 is 0. The molecule has 1 aromatic rings. The summed E-state index contributed by atoms with van der Waals surface area (Å²) in [5.74, 6) is 0.200. The van der Waals surface area contributed by atoms with E-state index in [0.717, 1.165) is 38.0 Å². The van der Waals surface area contributed by atoms with Gasteiger partial charge in [0.05, 0.1) is 6.04 Å². The topological polar surface area (TPSA) is 54.5 Å². The smallest absolute Gasteiger partial charge is 0.224 e. The third-order valence-electron chi connectivity index (χ3n) is 4.51. The lowest BCUT2D eigenvalue weighted by Gasteiger charge is -2.28. The van der Waals surface area contributed by atoms with E-state index in [1.807, 2.05) is 24.2 Å². The zero-order valence-electron chi connectivity index (χ0n) is 12.5. The van der Waals surface area contributed by atoms with Gasteiger partial charge in [-0.1, -0.05) is 6.07 Å². The molecule has 1 amide bonds. The largest absolute Gasteiger partial charge is 0.381 e.